The quantitative estimate of drug-likeness (QED) is 0.414. The zero-order valence-electron chi connectivity index (χ0n) is 19.1. The van der Waals surface area contributed by atoms with Crippen LogP contribution in [0.25, 0.3) is 11.3 Å². The molecule has 0 unspecified atom stereocenters. The van der Waals surface area contributed by atoms with Crippen LogP contribution >= 0.6 is 22.9 Å². The lowest BCUT2D eigenvalue weighted by Crippen LogP contribution is -2.41. The summed E-state index contributed by atoms with van der Waals surface area (Å²) >= 11 is 7.27. The Balaban J connectivity index is 1.51. The first-order valence-electron chi connectivity index (χ1n) is 10.8. The highest BCUT2D eigenvalue weighted by atomic mass is 35.5. The van der Waals surface area contributed by atoms with Crippen LogP contribution in [0.2, 0.25) is 4.34 Å². The summed E-state index contributed by atoms with van der Waals surface area (Å²) in [5.41, 5.74) is -0.195. The maximum absolute atomic E-state index is 14.9. The van der Waals surface area contributed by atoms with Gasteiger partial charge in [0.2, 0.25) is 15.9 Å². The predicted molar refractivity (Wildman–Crippen MR) is 132 cm³/mol. The Kier molecular flexibility index (Phi) is 6.98. The highest BCUT2D eigenvalue weighted by Crippen LogP contribution is 2.37. The molecule has 1 saturated carbocycles. The summed E-state index contributed by atoms with van der Waals surface area (Å²) in [5, 5.41) is 2.42. The molecule has 0 spiro atoms. The van der Waals surface area contributed by atoms with E-state index in [4.69, 9.17) is 16.3 Å². The Labute approximate surface area is 211 Å². The van der Waals surface area contributed by atoms with Crippen LogP contribution < -0.4 is 14.8 Å². The molecule has 1 aliphatic rings. The van der Waals surface area contributed by atoms with E-state index in [0.717, 1.165) is 11.3 Å². The van der Waals surface area contributed by atoms with Gasteiger partial charge in [0.15, 0.2) is 5.13 Å². The summed E-state index contributed by atoms with van der Waals surface area (Å²) in [6, 6.07) is 4.11. The first-order valence-corrected chi connectivity index (χ1v) is 13.5. The van der Waals surface area contributed by atoms with Crippen LogP contribution in [0.5, 0.6) is 5.88 Å². The number of sulfonamides is 1. The van der Waals surface area contributed by atoms with Crippen LogP contribution in [-0.2, 0) is 15.6 Å². The van der Waals surface area contributed by atoms with Crippen molar-refractivity contribution < 1.29 is 22.3 Å². The summed E-state index contributed by atoms with van der Waals surface area (Å²) in [5.74, 6) is -1.12. The maximum Gasteiger partial charge on any atom is 0.254 e. The van der Waals surface area contributed by atoms with Gasteiger partial charge in [-0.2, -0.15) is 0 Å². The van der Waals surface area contributed by atoms with Crippen LogP contribution in [0.15, 0.2) is 30.6 Å². The maximum atomic E-state index is 14.9. The van der Waals surface area contributed by atoms with Crippen molar-refractivity contribution >= 4 is 44.0 Å². The molecule has 2 aromatic heterocycles. The number of nitrogens with zero attached hydrogens (tertiary/aromatic N) is 3. The number of hydrogen-bond donors (Lipinski definition) is 2. The third-order valence-corrected chi connectivity index (χ3v) is 8.34. The molecule has 0 bridgehead atoms. The SMILES string of the molecule is CCOc1cncc(-c2ccc(C(=O)NC(C)(C)c3nc(NS(=O)(=O)C4CC4)sc3Cl)c(F)c2)n1. The molecule has 0 atom stereocenters. The van der Waals surface area contributed by atoms with Gasteiger partial charge in [0.05, 0.1) is 46.7 Å². The van der Waals surface area contributed by atoms with Gasteiger partial charge in [-0.3, -0.25) is 14.5 Å². The third-order valence-electron chi connectivity index (χ3n) is 5.21. The minimum Gasteiger partial charge on any atom is -0.477 e. The van der Waals surface area contributed by atoms with Gasteiger partial charge in [-0.05, 0) is 45.7 Å². The lowest BCUT2D eigenvalue weighted by Gasteiger charge is -2.25. The number of hydrogen-bond acceptors (Lipinski definition) is 8. The topological polar surface area (TPSA) is 123 Å². The van der Waals surface area contributed by atoms with Crippen molar-refractivity contribution in [3.8, 4) is 17.1 Å². The molecule has 13 heteroatoms. The summed E-state index contributed by atoms with van der Waals surface area (Å²) in [6.45, 7) is 5.52. The summed E-state index contributed by atoms with van der Waals surface area (Å²) in [7, 11) is -3.51. The van der Waals surface area contributed by atoms with E-state index in [1.165, 1.54) is 24.5 Å². The van der Waals surface area contributed by atoms with Crippen molar-refractivity contribution in [1.82, 2.24) is 20.3 Å². The smallest absolute Gasteiger partial charge is 0.254 e. The number of aromatic nitrogens is 3. The molecule has 3 aromatic rings. The van der Waals surface area contributed by atoms with E-state index >= 15 is 0 Å². The average molecular weight is 540 g/mol. The molecule has 0 radical (unpaired) electrons. The van der Waals surface area contributed by atoms with Crippen LogP contribution in [0, 0.1) is 5.82 Å². The Morgan fingerprint density at radius 1 is 1.29 bits per heavy atom. The number of carbonyl (C=O) groups excluding carboxylic acids is 1. The second-order valence-corrected chi connectivity index (χ2v) is 12.0. The van der Waals surface area contributed by atoms with E-state index in [-0.39, 0.29) is 20.7 Å². The summed E-state index contributed by atoms with van der Waals surface area (Å²) in [6.07, 6.45) is 4.15. The molecule has 2 heterocycles. The normalized spacial score (nSPS) is 14.0. The molecular formula is C22H23ClFN5O4S2. The summed E-state index contributed by atoms with van der Waals surface area (Å²) in [4.78, 5) is 25.5. The molecule has 1 amide bonds. The van der Waals surface area contributed by atoms with Gasteiger partial charge in [0.25, 0.3) is 5.91 Å². The molecule has 0 saturated heterocycles. The second kappa shape index (κ2) is 9.67. The number of benzene rings is 1. The zero-order valence-corrected chi connectivity index (χ0v) is 21.5. The van der Waals surface area contributed by atoms with Crippen LogP contribution in [0.1, 0.15) is 49.7 Å². The van der Waals surface area contributed by atoms with Crippen LogP contribution in [-0.4, -0.2) is 41.1 Å². The molecule has 35 heavy (non-hydrogen) atoms. The van der Waals surface area contributed by atoms with Gasteiger partial charge < -0.3 is 10.1 Å². The fraction of sp³-hybridized carbons (Fsp3) is 0.364. The summed E-state index contributed by atoms with van der Waals surface area (Å²) < 4.78 is 47.3. The molecule has 4 rings (SSSR count). The van der Waals surface area contributed by atoms with Gasteiger partial charge in [-0.15, -0.1) is 0 Å². The second-order valence-electron chi connectivity index (χ2n) is 8.44. The van der Waals surface area contributed by atoms with Crippen molar-refractivity contribution in [3.63, 3.8) is 0 Å². The van der Waals surface area contributed by atoms with Crippen molar-refractivity contribution in [2.75, 3.05) is 11.3 Å². The van der Waals surface area contributed by atoms with Crippen LogP contribution in [0.4, 0.5) is 9.52 Å². The van der Waals surface area contributed by atoms with Gasteiger partial charge in [-0.25, -0.2) is 22.8 Å². The molecule has 1 aliphatic carbocycles. The molecule has 1 fully saturated rings. The Bertz CT molecular complexity index is 1380. The van der Waals surface area contributed by atoms with Crippen molar-refractivity contribution in [2.45, 2.75) is 44.4 Å². The Morgan fingerprint density at radius 2 is 2.03 bits per heavy atom. The number of rotatable bonds is 9. The average Bonchev–Trinajstić information content (AvgIpc) is 3.58. The largest absolute Gasteiger partial charge is 0.477 e. The number of carbonyl (C=O) groups is 1. The van der Waals surface area contributed by atoms with Crippen molar-refractivity contribution in [1.29, 1.82) is 0 Å². The monoisotopic (exact) mass is 539 g/mol. The molecule has 186 valence electrons. The molecule has 0 aliphatic heterocycles. The molecule has 1 aromatic carbocycles. The molecular weight excluding hydrogens is 517 g/mol. The van der Waals surface area contributed by atoms with Gasteiger partial charge in [0.1, 0.15) is 10.2 Å². The fourth-order valence-electron chi connectivity index (χ4n) is 3.29. The number of anilines is 1. The molecule has 2 N–H and O–H groups in total. The number of nitrogens with one attached hydrogen (secondary N) is 2. The van der Waals surface area contributed by atoms with Crippen LogP contribution in [0.3, 0.4) is 0 Å². The van der Waals surface area contributed by atoms with Gasteiger partial charge in [-0.1, -0.05) is 29.0 Å². The highest BCUT2D eigenvalue weighted by Gasteiger charge is 2.37. The third kappa shape index (κ3) is 5.71. The number of halogens is 2. The van der Waals surface area contributed by atoms with Crippen molar-refractivity contribution in [2.24, 2.45) is 0 Å². The Morgan fingerprint density at radius 3 is 2.69 bits per heavy atom. The zero-order chi connectivity index (χ0) is 25.4. The minimum atomic E-state index is -3.51. The van der Waals surface area contributed by atoms with E-state index in [1.807, 2.05) is 6.92 Å². The van der Waals surface area contributed by atoms with E-state index in [1.54, 1.807) is 19.9 Å². The first kappa shape index (κ1) is 25.3. The van der Waals surface area contributed by atoms with E-state index < -0.39 is 32.5 Å². The lowest BCUT2D eigenvalue weighted by atomic mass is 10.0. The Hall–Kier alpha value is -2.83. The minimum absolute atomic E-state index is 0.116. The van der Waals surface area contributed by atoms with E-state index in [9.17, 15) is 17.6 Å². The van der Waals surface area contributed by atoms with E-state index in [0.29, 0.717) is 36.6 Å². The van der Waals surface area contributed by atoms with Gasteiger partial charge in [0, 0.05) is 5.56 Å². The predicted octanol–water partition coefficient (Wildman–Crippen LogP) is 4.36. The van der Waals surface area contributed by atoms with E-state index in [2.05, 4.69) is 25.0 Å². The first-order chi connectivity index (χ1) is 16.5. The standard InChI is InChI=1S/C22H23ClFN5O4S2/c1-4-33-17-11-25-10-16(26-17)12-5-8-14(15(24)9-12)20(30)28-22(2,3)18-19(23)34-21(27-18)29-35(31,32)13-6-7-13/h5,8-11,13H,4,6-7H2,1-3H3,(H,27,29)(H,28,30). The highest BCUT2D eigenvalue weighted by molar-refractivity contribution is 7.93. The molecule has 9 nitrogen and oxygen atoms in total. The lowest BCUT2D eigenvalue weighted by molar-refractivity contribution is 0.0906. The number of ether oxygens (including phenoxy) is 1. The number of thiazole rings is 1. The van der Waals surface area contributed by atoms with Crippen molar-refractivity contribution in [3.05, 3.63) is 52.0 Å². The number of amides is 1. The fourth-order valence-corrected chi connectivity index (χ4v) is 6.22. The van der Waals surface area contributed by atoms with Gasteiger partial charge >= 0.3 is 0 Å².